The first-order valence-electron chi connectivity index (χ1n) is 8.65. The van der Waals surface area contributed by atoms with Crippen molar-refractivity contribution in [2.24, 2.45) is 29.6 Å². The van der Waals surface area contributed by atoms with E-state index in [1.165, 1.54) is 42.5 Å². The lowest BCUT2D eigenvalue weighted by atomic mass is 9.50. The Balaban J connectivity index is 1.64. The topological polar surface area (TPSA) is 12.0 Å². The third-order valence-electron chi connectivity index (χ3n) is 6.29. The summed E-state index contributed by atoms with van der Waals surface area (Å²) in [6.07, 6.45) is 7.53. The standard InChI is InChI=1S/C18H26ClNS/c1-3-20-17(15-4-10(2)18(19)21-15)16-13-6-11-5-12(8-13)9-14(16)7-11/h4,11-14,16-17,20H,3,5-9H2,1-2H3. The van der Waals surface area contributed by atoms with Gasteiger partial charge in [0.25, 0.3) is 0 Å². The molecule has 5 rings (SSSR count). The van der Waals surface area contributed by atoms with E-state index in [4.69, 9.17) is 11.6 Å². The first-order valence-corrected chi connectivity index (χ1v) is 9.84. The third kappa shape index (κ3) is 2.48. The van der Waals surface area contributed by atoms with Crippen LogP contribution in [0.5, 0.6) is 0 Å². The Bertz CT molecular complexity index is 476. The average Bonchev–Trinajstić information content (AvgIpc) is 2.76. The molecule has 4 saturated carbocycles. The Hall–Kier alpha value is -0.0500. The van der Waals surface area contributed by atoms with Gasteiger partial charge < -0.3 is 5.32 Å². The normalized spacial score (nSPS) is 38.9. The highest BCUT2D eigenvalue weighted by Gasteiger charge is 2.50. The fraction of sp³-hybridized carbons (Fsp3) is 0.778. The van der Waals surface area contributed by atoms with Crippen LogP contribution in [0.25, 0.3) is 0 Å². The largest absolute Gasteiger partial charge is 0.309 e. The molecule has 1 aromatic rings. The maximum absolute atomic E-state index is 6.35. The van der Waals surface area contributed by atoms with E-state index >= 15 is 0 Å². The van der Waals surface area contributed by atoms with E-state index in [2.05, 4.69) is 25.2 Å². The number of aryl methyl sites for hydroxylation is 1. The molecule has 0 radical (unpaired) electrons. The van der Waals surface area contributed by atoms with E-state index in [0.29, 0.717) is 6.04 Å². The maximum atomic E-state index is 6.35. The number of hydrogen-bond acceptors (Lipinski definition) is 2. The molecule has 0 amide bonds. The van der Waals surface area contributed by atoms with E-state index in [0.717, 1.165) is 40.5 Å². The summed E-state index contributed by atoms with van der Waals surface area (Å²) in [6, 6.07) is 2.88. The lowest BCUT2D eigenvalue weighted by Gasteiger charge is -2.56. The number of rotatable bonds is 4. The summed E-state index contributed by atoms with van der Waals surface area (Å²) in [4.78, 5) is 1.48. The molecule has 0 aliphatic heterocycles. The van der Waals surface area contributed by atoms with Crippen LogP contribution in [-0.2, 0) is 0 Å². The van der Waals surface area contributed by atoms with Gasteiger partial charge in [0, 0.05) is 10.9 Å². The first-order chi connectivity index (χ1) is 10.2. The second-order valence-electron chi connectivity index (χ2n) is 7.65. The lowest BCUT2D eigenvalue weighted by molar-refractivity contribution is -0.0518. The zero-order chi connectivity index (χ0) is 14.6. The van der Waals surface area contributed by atoms with Crippen LogP contribution in [0.2, 0.25) is 4.34 Å². The summed E-state index contributed by atoms with van der Waals surface area (Å²) in [5.74, 6) is 4.89. The predicted octanol–water partition coefficient (Wildman–Crippen LogP) is 5.43. The molecule has 3 heteroatoms. The van der Waals surface area contributed by atoms with Crippen molar-refractivity contribution in [1.29, 1.82) is 0 Å². The van der Waals surface area contributed by atoms with Gasteiger partial charge in [0.1, 0.15) is 0 Å². The van der Waals surface area contributed by atoms with Gasteiger partial charge in [0.05, 0.1) is 4.34 Å². The van der Waals surface area contributed by atoms with Gasteiger partial charge in [0.15, 0.2) is 0 Å². The summed E-state index contributed by atoms with van der Waals surface area (Å²) in [5.41, 5.74) is 1.25. The average molecular weight is 324 g/mol. The Labute approximate surface area is 137 Å². The van der Waals surface area contributed by atoms with Gasteiger partial charge in [-0.3, -0.25) is 0 Å². The van der Waals surface area contributed by atoms with Crippen molar-refractivity contribution in [3.05, 3.63) is 20.8 Å². The van der Waals surface area contributed by atoms with Crippen LogP contribution in [-0.4, -0.2) is 6.54 Å². The van der Waals surface area contributed by atoms with E-state index in [1.54, 1.807) is 0 Å². The Morgan fingerprint density at radius 3 is 2.29 bits per heavy atom. The van der Waals surface area contributed by atoms with Crippen LogP contribution in [0.4, 0.5) is 0 Å². The van der Waals surface area contributed by atoms with Crippen LogP contribution in [0.15, 0.2) is 6.07 Å². The summed E-state index contributed by atoms with van der Waals surface area (Å²) in [7, 11) is 0. The molecule has 1 atom stereocenters. The van der Waals surface area contributed by atoms with Gasteiger partial charge in [-0.1, -0.05) is 18.5 Å². The molecule has 4 aliphatic rings. The Kier molecular flexibility index (Phi) is 3.84. The Morgan fingerprint density at radius 1 is 1.19 bits per heavy atom. The highest BCUT2D eigenvalue weighted by atomic mass is 35.5. The summed E-state index contributed by atoms with van der Waals surface area (Å²) in [5, 5.41) is 3.82. The van der Waals surface area contributed by atoms with E-state index in [1.807, 2.05) is 11.3 Å². The molecule has 0 spiro atoms. The highest BCUT2D eigenvalue weighted by molar-refractivity contribution is 7.16. The molecular weight excluding hydrogens is 298 g/mol. The second kappa shape index (κ2) is 5.54. The zero-order valence-electron chi connectivity index (χ0n) is 13.1. The molecular formula is C18H26ClNS. The monoisotopic (exact) mass is 323 g/mol. The fourth-order valence-corrected chi connectivity index (χ4v) is 7.15. The Morgan fingerprint density at radius 2 is 1.81 bits per heavy atom. The minimum Gasteiger partial charge on any atom is -0.309 e. The molecule has 0 aromatic carbocycles. The molecule has 4 bridgehead atoms. The van der Waals surface area contributed by atoms with Crippen molar-refractivity contribution in [1.82, 2.24) is 5.32 Å². The number of nitrogens with one attached hydrogen (secondary N) is 1. The van der Waals surface area contributed by atoms with Gasteiger partial charge in [-0.2, -0.15) is 0 Å². The minimum absolute atomic E-state index is 0.543. The lowest BCUT2D eigenvalue weighted by Crippen LogP contribution is -2.49. The predicted molar refractivity (Wildman–Crippen MR) is 91.0 cm³/mol. The molecule has 21 heavy (non-hydrogen) atoms. The maximum Gasteiger partial charge on any atom is 0.0960 e. The quantitative estimate of drug-likeness (QED) is 0.778. The SMILES string of the molecule is CCNC(c1cc(C)c(Cl)s1)C1C2CC3CC(C2)CC1C3. The van der Waals surface area contributed by atoms with Crippen molar-refractivity contribution < 1.29 is 0 Å². The molecule has 1 unspecified atom stereocenters. The van der Waals surface area contributed by atoms with Gasteiger partial charge in [-0.15, -0.1) is 11.3 Å². The van der Waals surface area contributed by atoms with Gasteiger partial charge >= 0.3 is 0 Å². The minimum atomic E-state index is 0.543. The van der Waals surface area contributed by atoms with E-state index < -0.39 is 0 Å². The van der Waals surface area contributed by atoms with Crippen LogP contribution >= 0.6 is 22.9 Å². The van der Waals surface area contributed by atoms with Crippen LogP contribution in [0.3, 0.4) is 0 Å². The number of hydrogen-bond donors (Lipinski definition) is 1. The van der Waals surface area contributed by atoms with Crippen molar-refractivity contribution in [3.63, 3.8) is 0 Å². The first kappa shape index (κ1) is 14.5. The molecule has 4 fully saturated rings. The highest BCUT2D eigenvalue weighted by Crippen LogP contribution is 2.59. The summed E-state index contributed by atoms with van der Waals surface area (Å²) < 4.78 is 0.983. The van der Waals surface area contributed by atoms with Gasteiger partial charge in [0.2, 0.25) is 0 Å². The molecule has 1 N–H and O–H groups in total. The second-order valence-corrected chi connectivity index (χ2v) is 9.33. The molecule has 1 nitrogen and oxygen atoms in total. The third-order valence-corrected chi connectivity index (χ3v) is 7.93. The van der Waals surface area contributed by atoms with Crippen molar-refractivity contribution in [3.8, 4) is 0 Å². The summed E-state index contributed by atoms with van der Waals surface area (Å²) >= 11 is 8.16. The molecule has 0 saturated heterocycles. The number of thiophene rings is 1. The van der Waals surface area contributed by atoms with E-state index in [-0.39, 0.29) is 0 Å². The molecule has 1 heterocycles. The van der Waals surface area contributed by atoms with Crippen LogP contribution in [0, 0.1) is 36.5 Å². The molecule has 4 aliphatic carbocycles. The van der Waals surface area contributed by atoms with Crippen molar-refractivity contribution >= 4 is 22.9 Å². The molecule has 116 valence electrons. The van der Waals surface area contributed by atoms with Crippen LogP contribution < -0.4 is 5.32 Å². The van der Waals surface area contributed by atoms with Crippen LogP contribution in [0.1, 0.15) is 55.5 Å². The van der Waals surface area contributed by atoms with Crippen molar-refractivity contribution in [2.75, 3.05) is 6.54 Å². The smallest absolute Gasteiger partial charge is 0.0960 e. The number of halogens is 1. The van der Waals surface area contributed by atoms with Gasteiger partial charge in [-0.05, 0) is 86.8 Å². The van der Waals surface area contributed by atoms with E-state index in [9.17, 15) is 0 Å². The van der Waals surface area contributed by atoms with Gasteiger partial charge in [-0.25, -0.2) is 0 Å². The van der Waals surface area contributed by atoms with Crippen molar-refractivity contribution in [2.45, 2.75) is 52.0 Å². The molecule has 1 aromatic heterocycles. The summed E-state index contributed by atoms with van der Waals surface area (Å²) in [6.45, 7) is 5.44. The fourth-order valence-electron chi connectivity index (χ4n) is 5.79. The zero-order valence-corrected chi connectivity index (χ0v) is 14.6.